The van der Waals surface area contributed by atoms with Gasteiger partial charge in [0, 0.05) is 3.57 Å². The summed E-state index contributed by atoms with van der Waals surface area (Å²) in [6.45, 7) is 6.76. The fourth-order valence-electron chi connectivity index (χ4n) is 2.84. The van der Waals surface area contributed by atoms with E-state index in [1.54, 1.807) is 6.08 Å². The molecule has 0 spiro atoms. The molecule has 3 rings (SSSR count). The summed E-state index contributed by atoms with van der Waals surface area (Å²) in [6, 6.07) is 13.3. The van der Waals surface area contributed by atoms with Gasteiger partial charge in [-0.05, 0) is 96.1 Å². The maximum Gasteiger partial charge on any atom is 0.293 e. The molecule has 1 saturated heterocycles. The summed E-state index contributed by atoms with van der Waals surface area (Å²) in [6.07, 6.45) is 2.70. The number of hydrogen-bond acceptors (Lipinski definition) is 5. The minimum Gasteiger partial charge on any atom is -0.490 e. The predicted molar refractivity (Wildman–Crippen MR) is 129 cm³/mol. The van der Waals surface area contributed by atoms with Gasteiger partial charge in [0.2, 0.25) is 0 Å². The van der Waals surface area contributed by atoms with E-state index in [9.17, 15) is 9.59 Å². The fourth-order valence-corrected chi connectivity index (χ4v) is 4.04. The fraction of sp³-hybridized carbons (Fsp3) is 0.304. The van der Waals surface area contributed by atoms with Crippen LogP contribution in [-0.2, 0) is 11.3 Å². The van der Waals surface area contributed by atoms with Gasteiger partial charge >= 0.3 is 0 Å². The SMILES string of the molecule is CCOc1cc(/C=C2/SC(=O)N(Cc3ccc(I)cc3)C2=O)ccc1O[C@@H](C)CC. The van der Waals surface area contributed by atoms with Crippen LogP contribution < -0.4 is 9.47 Å². The summed E-state index contributed by atoms with van der Waals surface area (Å²) < 4.78 is 12.8. The first-order valence-corrected chi connectivity index (χ1v) is 11.7. The number of amides is 2. The molecule has 0 unspecified atom stereocenters. The average molecular weight is 537 g/mol. The molecule has 2 amide bonds. The summed E-state index contributed by atoms with van der Waals surface area (Å²) >= 11 is 3.19. The molecule has 5 nitrogen and oxygen atoms in total. The zero-order chi connectivity index (χ0) is 21.7. The van der Waals surface area contributed by atoms with Crippen LogP contribution in [0.3, 0.4) is 0 Å². The van der Waals surface area contributed by atoms with E-state index in [2.05, 4.69) is 29.5 Å². The van der Waals surface area contributed by atoms with Crippen LogP contribution in [0.25, 0.3) is 6.08 Å². The van der Waals surface area contributed by atoms with Gasteiger partial charge in [0.1, 0.15) is 0 Å². The highest BCUT2D eigenvalue weighted by Crippen LogP contribution is 2.35. The van der Waals surface area contributed by atoms with Crippen molar-refractivity contribution in [3.8, 4) is 11.5 Å². The van der Waals surface area contributed by atoms with Gasteiger partial charge in [-0.3, -0.25) is 14.5 Å². The van der Waals surface area contributed by atoms with Crippen LogP contribution in [0.4, 0.5) is 4.79 Å². The molecule has 158 valence electrons. The van der Waals surface area contributed by atoms with Crippen LogP contribution in [-0.4, -0.2) is 28.8 Å². The smallest absolute Gasteiger partial charge is 0.293 e. The third-order valence-corrected chi connectivity index (χ3v) is 6.22. The topological polar surface area (TPSA) is 55.8 Å². The molecular weight excluding hydrogens is 513 g/mol. The first-order valence-electron chi connectivity index (χ1n) is 9.84. The predicted octanol–water partition coefficient (Wildman–Crippen LogP) is 6.10. The summed E-state index contributed by atoms with van der Waals surface area (Å²) in [7, 11) is 0. The Morgan fingerprint density at radius 2 is 1.83 bits per heavy atom. The van der Waals surface area contributed by atoms with E-state index in [-0.39, 0.29) is 23.8 Å². The van der Waals surface area contributed by atoms with Gasteiger partial charge in [-0.2, -0.15) is 0 Å². The minimum atomic E-state index is -0.276. The van der Waals surface area contributed by atoms with Crippen molar-refractivity contribution in [3.05, 3.63) is 62.1 Å². The van der Waals surface area contributed by atoms with Gasteiger partial charge in [-0.1, -0.05) is 25.1 Å². The van der Waals surface area contributed by atoms with Crippen molar-refractivity contribution in [1.29, 1.82) is 0 Å². The standard InChI is InChI=1S/C23H24INO4S/c1-4-15(3)29-19-11-8-17(12-20(19)28-5-2)13-21-22(26)25(23(27)30-21)14-16-6-9-18(24)10-7-16/h6-13,15H,4-5,14H2,1-3H3/b21-13+/t15-/m0/s1. The summed E-state index contributed by atoms with van der Waals surface area (Å²) in [5.41, 5.74) is 1.71. The third-order valence-electron chi connectivity index (χ3n) is 4.60. The molecule has 2 aromatic rings. The normalized spacial score (nSPS) is 16.3. The zero-order valence-corrected chi connectivity index (χ0v) is 20.2. The number of halogens is 1. The lowest BCUT2D eigenvalue weighted by molar-refractivity contribution is -0.123. The van der Waals surface area contributed by atoms with Crippen molar-refractivity contribution >= 4 is 51.6 Å². The van der Waals surface area contributed by atoms with Crippen LogP contribution in [0.1, 0.15) is 38.3 Å². The number of ether oxygens (including phenoxy) is 2. The quantitative estimate of drug-likeness (QED) is 0.301. The van der Waals surface area contributed by atoms with Crippen molar-refractivity contribution in [3.63, 3.8) is 0 Å². The van der Waals surface area contributed by atoms with Crippen LogP contribution in [0.5, 0.6) is 11.5 Å². The second-order valence-electron chi connectivity index (χ2n) is 6.87. The Balaban J connectivity index is 1.80. The Morgan fingerprint density at radius 1 is 1.10 bits per heavy atom. The Morgan fingerprint density at radius 3 is 2.50 bits per heavy atom. The average Bonchev–Trinajstić information content (AvgIpc) is 2.99. The monoisotopic (exact) mass is 537 g/mol. The maximum absolute atomic E-state index is 12.8. The van der Waals surface area contributed by atoms with E-state index in [1.165, 1.54) is 4.90 Å². The van der Waals surface area contributed by atoms with Crippen molar-refractivity contribution < 1.29 is 19.1 Å². The molecule has 1 heterocycles. The number of benzene rings is 2. The number of carbonyl (C=O) groups excluding carboxylic acids is 2. The molecular formula is C23H24INO4S. The lowest BCUT2D eigenvalue weighted by Crippen LogP contribution is -2.27. The van der Waals surface area contributed by atoms with E-state index in [1.807, 2.05) is 56.3 Å². The van der Waals surface area contributed by atoms with Crippen molar-refractivity contribution in [2.24, 2.45) is 0 Å². The van der Waals surface area contributed by atoms with Gasteiger partial charge in [0.05, 0.1) is 24.2 Å². The maximum atomic E-state index is 12.8. The molecule has 2 aromatic carbocycles. The zero-order valence-electron chi connectivity index (χ0n) is 17.2. The second kappa shape index (κ2) is 10.3. The van der Waals surface area contributed by atoms with Crippen molar-refractivity contribution in [2.45, 2.75) is 39.8 Å². The first kappa shape index (κ1) is 22.7. The summed E-state index contributed by atoms with van der Waals surface area (Å²) in [5, 5.41) is -0.258. The van der Waals surface area contributed by atoms with Crippen LogP contribution >= 0.6 is 34.4 Å². The Bertz CT molecular complexity index is 958. The van der Waals surface area contributed by atoms with E-state index in [4.69, 9.17) is 9.47 Å². The highest BCUT2D eigenvalue weighted by atomic mass is 127. The van der Waals surface area contributed by atoms with Gasteiger partial charge in [0.25, 0.3) is 11.1 Å². The number of nitrogens with zero attached hydrogens (tertiary/aromatic N) is 1. The Kier molecular flexibility index (Phi) is 7.82. The van der Waals surface area contributed by atoms with E-state index >= 15 is 0 Å². The van der Waals surface area contributed by atoms with Crippen molar-refractivity contribution in [2.75, 3.05) is 6.61 Å². The van der Waals surface area contributed by atoms with E-state index in [0.717, 1.165) is 32.9 Å². The molecule has 30 heavy (non-hydrogen) atoms. The number of rotatable bonds is 8. The van der Waals surface area contributed by atoms with E-state index in [0.29, 0.717) is 23.0 Å². The lowest BCUT2D eigenvalue weighted by atomic mass is 10.1. The largest absolute Gasteiger partial charge is 0.490 e. The second-order valence-corrected chi connectivity index (χ2v) is 9.11. The number of imide groups is 1. The molecule has 7 heteroatoms. The van der Waals surface area contributed by atoms with Gasteiger partial charge < -0.3 is 9.47 Å². The minimum absolute atomic E-state index is 0.0767. The van der Waals surface area contributed by atoms with Gasteiger partial charge in [-0.25, -0.2) is 0 Å². The number of thioether (sulfide) groups is 1. The number of carbonyl (C=O) groups is 2. The third kappa shape index (κ3) is 5.57. The van der Waals surface area contributed by atoms with Crippen LogP contribution in [0.2, 0.25) is 0 Å². The summed E-state index contributed by atoms with van der Waals surface area (Å²) in [5.74, 6) is 1.03. The molecule has 0 saturated carbocycles. The molecule has 0 N–H and O–H groups in total. The van der Waals surface area contributed by atoms with Crippen LogP contribution in [0.15, 0.2) is 47.4 Å². The molecule has 0 aliphatic carbocycles. The Hall–Kier alpha value is -2.00. The highest BCUT2D eigenvalue weighted by Gasteiger charge is 2.35. The lowest BCUT2D eigenvalue weighted by Gasteiger charge is -2.16. The highest BCUT2D eigenvalue weighted by molar-refractivity contribution is 14.1. The van der Waals surface area contributed by atoms with Crippen molar-refractivity contribution in [1.82, 2.24) is 4.90 Å². The molecule has 0 aromatic heterocycles. The number of hydrogen-bond donors (Lipinski definition) is 0. The van der Waals surface area contributed by atoms with Gasteiger partial charge in [0.15, 0.2) is 11.5 Å². The molecule has 0 bridgehead atoms. The molecule has 1 fully saturated rings. The molecule has 1 aliphatic heterocycles. The van der Waals surface area contributed by atoms with E-state index < -0.39 is 0 Å². The molecule has 1 aliphatic rings. The molecule has 0 radical (unpaired) electrons. The molecule has 1 atom stereocenters. The Labute approximate surface area is 195 Å². The van der Waals surface area contributed by atoms with Gasteiger partial charge in [-0.15, -0.1) is 0 Å². The first-order chi connectivity index (χ1) is 14.4. The summed E-state index contributed by atoms with van der Waals surface area (Å²) in [4.78, 5) is 26.9. The van der Waals surface area contributed by atoms with Crippen LogP contribution in [0, 0.1) is 3.57 Å².